The Balaban J connectivity index is 1.31. The Morgan fingerprint density at radius 1 is 1.32 bits per heavy atom. The second-order valence-electron chi connectivity index (χ2n) is 11.1. The molecule has 0 radical (unpaired) electrons. The molecule has 1 aliphatic rings. The van der Waals surface area contributed by atoms with E-state index in [9.17, 15) is 10.1 Å². The van der Waals surface area contributed by atoms with Gasteiger partial charge in [-0.05, 0) is 73.1 Å². The number of hydrogen-bond acceptors (Lipinski definition) is 7. The van der Waals surface area contributed by atoms with Crippen molar-refractivity contribution in [3.8, 4) is 11.8 Å². The van der Waals surface area contributed by atoms with Gasteiger partial charge in [-0.25, -0.2) is 0 Å². The van der Waals surface area contributed by atoms with E-state index in [0.717, 1.165) is 66.4 Å². The van der Waals surface area contributed by atoms with Gasteiger partial charge in [-0.15, -0.1) is 21.5 Å². The van der Waals surface area contributed by atoms with Crippen molar-refractivity contribution in [3.63, 3.8) is 0 Å². The zero-order valence-electron chi connectivity index (χ0n) is 23.2. The smallest absolute Gasteiger partial charge is 0.235 e. The number of nitrogens with zero attached hydrogens (tertiary/aromatic N) is 4. The maximum Gasteiger partial charge on any atom is 0.235 e. The predicted octanol–water partition coefficient (Wildman–Crippen LogP) is 6.12. The molecule has 1 aromatic carbocycles. The van der Waals surface area contributed by atoms with Gasteiger partial charge in [-0.3, -0.25) is 4.79 Å². The van der Waals surface area contributed by atoms with Crippen LogP contribution in [0.15, 0.2) is 23.4 Å². The Morgan fingerprint density at radius 3 is 2.79 bits per heavy atom. The van der Waals surface area contributed by atoms with Crippen molar-refractivity contribution >= 4 is 34.0 Å². The minimum absolute atomic E-state index is 0.128. The molecule has 9 heteroatoms. The van der Waals surface area contributed by atoms with Crippen molar-refractivity contribution in [3.05, 3.63) is 51.2 Å². The maximum atomic E-state index is 12.8. The molecular formula is C29H37N5O2S2. The molecule has 1 aliphatic carbocycles. The highest BCUT2D eigenvalue weighted by Crippen LogP contribution is 2.44. The van der Waals surface area contributed by atoms with Gasteiger partial charge in [0.1, 0.15) is 22.6 Å². The number of amides is 1. The molecular weight excluding hydrogens is 514 g/mol. The monoisotopic (exact) mass is 551 g/mol. The van der Waals surface area contributed by atoms with Crippen LogP contribution in [-0.2, 0) is 37.5 Å². The van der Waals surface area contributed by atoms with Gasteiger partial charge < -0.3 is 14.6 Å². The van der Waals surface area contributed by atoms with Gasteiger partial charge in [0.05, 0.1) is 18.4 Å². The topological polar surface area (TPSA) is 92.8 Å². The van der Waals surface area contributed by atoms with Crippen molar-refractivity contribution in [1.29, 1.82) is 5.26 Å². The SMILES string of the molecule is COc1ccc(CCCc2nnc(SCC(=O)Nc3sc4c(c3C#N)CC[C@H](C(C)(C)C)C4)n2C)cc1C. The van der Waals surface area contributed by atoms with E-state index in [1.54, 1.807) is 18.4 Å². The van der Waals surface area contributed by atoms with Crippen LogP contribution in [0.25, 0.3) is 0 Å². The van der Waals surface area contributed by atoms with Gasteiger partial charge in [0.25, 0.3) is 0 Å². The number of nitriles is 1. The number of benzene rings is 1. The van der Waals surface area contributed by atoms with E-state index in [-0.39, 0.29) is 17.1 Å². The Morgan fingerprint density at radius 2 is 2.11 bits per heavy atom. The molecule has 38 heavy (non-hydrogen) atoms. The molecule has 7 nitrogen and oxygen atoms in total. The molecule has 0 saturated carbocycles. The third-order valence-electron chi connectivity index (χ3n) is 7.44. The first-order valence-corrected chi connectivity index (χ1v) is 14.9. The standard InChI is InChI=1S/C29H37N5O2S2/c1-18-14-19(10-13-23(18)36-6)8-7-9-25-32-33-28(34(25)5)37-17-26(35)31-27-22(16-30)21-12-11-20(29(2,3)4)15-24(21)38-27/h10,13-14,20H,7-9,11-12,15,17H2,1-6H3,(H,31,35)/t20-/m0/s1. The molecule has 0 unspecified atom stereocenters. The number of carbonyl (C=O) groups excluding carboxylic acids is 1. The van der Waals surface area contributed by atoms with Gasteiger partial charge in [0.15, 0.2) is 5.16 Å². The fourth-order valence-corrected chi connectivity index (χ4v) is 7.08. The molecule has 202 valence electrons. The van der Waals surface area contributed by atoms with Crippen molar-refractivity contribution in [1.82, 2.24) is 14.8 Å². The number of thiophene rings is 1. The third kappa shape index (κ3) is 6.41. The maximum absolute atomic E-state index is 12.8. The first kappa shape index (κ1) is 28.2. The lowest BCUT2D eigenvalue weighted by Crippen LogP contribution is -2.26. The average molecular weight is 552 g/mol. The summed E-state index contributed by atoms with van der Waals surface area (Å²) >= 11 is 2.94. The van der Waals surface area contributed by atoms with Crippen molar-refractivity contribution < 1.29 is 9.53 Å². The third-order valence-corrected chi connectivity index (χ3v) is 9.63. The summed E-state index contributed by atoms with van der Waals surface area (Å²) in [5.74, 6) is 2.49. The lowest BCUT2D eigenvalue weighted by atomic mass is 9.72. The molecule has 2 heterocycles. The number of nitrogens with one attached hydrogen (secondary N) is 1. The van der Waals surface area contributed by atoms with Crippen LogP contribution in [0.3, 0.4) is 0 Å². The summed E-state index contributed by atoms with van der Waals surface area (Å²) in [6.07, 6.45) is 5.68. The number of aromatic nitrogens is 3. The molecule has 0 bridgehead atoms. The van der Waals surface area contributed by atoms with E-state index >= 15 is 0 Å². The van der Waals surface area contributed by atoms with E-state index in [1.807, 2.05) is 17.7 Å². The number of methoxy groups -OCH3 is 1. The van der Waals surface area contributed by atoms with Crippen molar-refractivity contribution in [2.45, 2.75) is 71.4 Å². The molecule has 0 fully saturated rings. The summed E-state index contributed by atoms with van der Waals surface area (Å²) in [6.45, 7) is 8.89. The molecule has 3 aromatic rings. The normalized spacial score (nSPS) is 15.1. The van der Waals surface area contributed by atoms with Crippen LogP contribution in [0.4, 0.5) is 5.00 Å². The molecule has 1 atom stereocenters. The van der Waals surface area contributed by atoms with Crippen LogP contribution < -0.4 is 10.1 Å². The Bertz CT molecular complexity index is 1350. The Kier molecular flexibility index (Phi) is 8.84. The summed E-state index contributed by atoms with van der Waals surface area (Å²) in [7, 11) is 3.63. The molecule has 2 aromatic heterocycles. The fourth-order valence-electron chi connectivity index (χ4n) is 5.06. The highest BCUT2D eigenvalue weighted by Gasteiger charge is 2.32. The molecule has 1 amide bonds. The molecule has 4 rings (SSSR count). The summed E-state index contributed by atoms with van der Waals surface area (Å²) in [6, 6.07) is 8.63. The summed E-state index contributed by atoms with van der Waals surface area (Å²) in [5, 5.41) is 22.9. The lowest BCUT2D eigenvalue weighted by molar-refractivity contribution is -0.113. The van der Waals surface area contributed by atoms with Gasteiger partial charge in [0.2, 0.25) is 5.91 Å². The molecule has 0 saturated heterocycles. The van der Waals surface area contributed by atoms with Crippen LogP contribution in [0, 0.1) is 29.6 Å². The van der Waals surface area contributed by atoms with Gasteiger partial charge >= 0.3 is 0 Å². The van der Waals surface area contributed by atoms with Gasteiger partial charge in [-0.2, -0.15) is 5.26 Å². The number of fused-ring (bicyclic) bond motifs is 1. The summed E-state index contributed by atoms with van der Waals surface area (Å²) in [4.78, 5) is 14.1. The summed E-state index contributed by atoms with van der Waals surface area (Å²) < 4.78 is 7.31. The predicted molar refractivity (Wildman–Crippen MR) is 154 cm³/mol. The number of anilines is 1. The van der Waals surface area contributed by atoms with E-state index < -0.39 is 0 Å². The number of carbonyl (C=O) groups is 1. The molecule has 0 aliphatic heterocycles. The quantitative estimate of drug-likeness (QED) is 0.322. The minimum atomic E-state index is -0.128. The van der Waals surface area contributed by atoms with Crippen LogP contribution in [0.5, 0.6) is 5.75 Å². The largest absolute Gasteiger partial charge is 0.496 e. The second kappa shape index (κ2) is 11.9. The molecule has 0 spiro atoms. The fraction of sp³-hybridized carbons (Fsp3) is 0.517. The second-order valence-corrected chi connectivity index (χ2v) is 13.1. The average Bonchev–Trinajstić information content (AvgIpc) is 3.40. The Labute approximate surface area is 234 Å². The number of aryl methyl sites for hydroxylation is 3. The highest BCUT2D eigenvalue weighted by atomic mass is 32.2. The number of thioether (sulfide) groups is 1. The van der Waals surface area contributed by atoms with E-state index in [0.29, 0.717) is 16.5 Å². The minimum Gasteiger partial charge on any atom is -0.496 e. The van der Waals surface area contributed by atoms with Crippen LogP contribution in [0.1, 0.15) is 66.6 Å². The van der Waals surface area contributed by atoms with Gasteiger partial charge in [-0.1, -0.05) is 44.7 Å². The highest BCUT2D eigenvalue weighted by molar-refractivity contribution is 7.99. The number of hydrogen-bond donors (Lipinski definition) is 1. The van der Waals surface area contributed by atoms with Gasteiger partial charge in [0, 0.05) is 18.3 Å². The summed E-state index contributed by atoms with van der Waals surface area (Å²) in [5.41, 5.74) is 4.42. The van der Waals surface area contributed by atoms with Crippen molar-refractivity contribution in [2.24, 2.45) is 18.4 Å². The number of ether oxygens (including phenoxy) is 1. The van der Waals surface area contributed by atoms with Crippen LogP contribution >= 0.6 is 23.1 Å². The zero-order chi connectivity index (χ0) is 27.4. The zero-order valence-corrected chi connectivity index (χ0v) is 24.8. The Hall–Kier alpha value is -2.83. The van der Waals surface area contributed by atoms with Crippen LogP contribution in [-0.4, -0.2) is 33.5 Å². The van der Waals surface area contributed by atoms with E-state index in [2.05, 4.69) is 61.4 Å². The first-order valence-electron chi connectivity index (χ1n) is 13.1. The van der Waals surface area contributed by atoms with E-state index in [1.165, 1.54) is 22.2 Å². The first-order chi connectivity index (χ1) is 18.1. The van der Waals surface area contributed by atoms with Crippen molar-refractivity contribution in [2.75, 3.05) is 18.2 Å². The number of rotatable bonds is 9. The molecule has 1 N–H and O–H groups in total. The van der Waals surface area contributed by atoms with Crippen LogP contribution in [0.2, 0.25) is 0 Å². The van der Waals surface area contributed by atoms with E-state index in [4.69, 9.17) is 4.74 Å². The lowest BCUT2D eigenvalue weighted by Gasteiger charge is -2.33.